The zero-order chi connectivity index (χ0) is 22.5. The van der Waals surface area contributed by atoms with Crippen LogP contribution in [0, 0.1) is 0 Å². The van der Waals surface area contributed by atoms with E-state index < -0.39 is 18.1 Å². The summed E-state index contributed by atoms with van der Waals surface area (Å²) in [6.07, 6.45) is -0.132. The average Bonchev–Trinajstić information content (AvgIpc) is 3.12. The van der Waals surface area contributed by atoms with Gasteiger partial charge in [0.1, 0.15) is 12.6 Å². The van der Waals surface area contributed by atoms with Gasteiger partial charge in [0.05, 0.1) is 0 Å². The zero-order valence-electron chi connectivity index (χ0n) is 17.2. The van der Waals surface area contributed by atoms with Crippen LogP contribution < -0.4 is 10.6 Å². The van der Waals surface area contributed by atoms with Gasteiger partial charge in [0.15, 0.2) is 0 Å². The summed E-state index contributed by atoms with van der Waals surface area (Å²) in [6, 6.07) is 21.6. The second kappa shape index (κ2) is 9.34. The van der Waals surface area contributed by atoms with Gasteiger partial charge in [-0.25, -0.2) is 9.59 Å². The summed E-state index contributed by atoms with van der Waals surface area (Å²) in [6.45, 7) is 0.109. The third-order valence-corrected chi connectivity index (χ3v) is 5.55. The van der Waals surface area contributed by atoms with Crippen molar-refractivity contribution in [1.29, 1.82) is 0 Å². The summed E-state index contributed by atoms with van der Waals surface area (Å²) in [7, 11) is 0. The maximum atomic E-state index is 12.4. The molecule has 2 amide bonds. The second-order valence-corrected chi connectivity index (χ2v) is 7.52. The van der Waals surface area contributed by atoms with E-state index in [0.29, 0.717) is 17.7 Å². The van der Waals surface area contributed by atoms with Crippen molar-refractivity contribution >= 4 is 24.2 Å². The molecular formula is C25H22N2O5. The molecule has 0 heterocycles. The molecule has 7 heteroatoms. The zero-order valence-corrected chi connectivity index (χ0v) is 17.2. The molecule has 0 radical (unpaired) electrons. The first-order chi connectivity index (χ1) is 15.6. The standard InChI is InChI=1S/C25H22N2O5/c28-15-26-17-11-9-16(10-12-17)13-23(24(29)30)27-25(31)32-14-22-20-7-3-1-5-18(20)19-6-2-4-8-21(19)22/h1-12,15,22-23H,13-14H2,(H,26,28)(H,27,31)(H,29,30)/t23-/m0/s1. The summed E-state index contributed by atoms with van der Waals surface area (Å²) in [5.74, 6) is -1.26. The Balaban J connectivity index is 1.40. The predicted octanol–water partition coefficient (Wildman–Crippen LogP) is 3.79. The van der Waals surface area contributed by atoms with Gasteiger partial charge >= 0.3 is 12.1 Å². The molecule has 0 saturated heterocycles. The van der Waals surface area contributed by atoms with Gasteiger partial charge in [0.25, 0.3) is 0 Å². The van der Waals surface area contributed by atoms with E-state index in [2.05, 4.69) is 10.6 Å². The van der Waals surface area contributed by atoms with Crippen LogP contribution in [0.4, 0.5) is 10.5 Å². The predicted molar refractivity (Wildman–Crippen MR) is 119 cm³/mol. The molecule has 0 bridgehead atoms. The minimum absolute atomic E-state index is 0.0842. The van der Waals surface area contributed by atoms with Crippen LogP contribution in [0.2, 0.25) is 0 Å². The fraction of sp³-hybridized carbons (Fsp3) is 0.160. The van der Waals surface area contributed by atoms with Gasteiger partial charge in [-0.1, -0.05) is 60.7 Å². The molecule has 32 heavy (non-hydrogen) atoms. The fourth-order valence-corrected chi connectivity index (χ4v) is 4.02. The number of ether oxygens (including phenoxy) is 1. The summed E-state index contributed by atoms with van der Waals surface area (Å²) >= 11 is 0. The monoisotopic (exact) mass is 430 g/mol. The number of carbonyl (C=O) groups is 3. The van der Waals surface area contributed by atoms with Crippen LogP contribution in [-0.2, 0) is 20.7 Å². The molecule has 7 nitrogen and oxygen atoms in total. The van der Waals surface area contributed by atoms with Gasteiger partial charge in [-0.3, -0.25) is 4.79 Å². The molecule has 4 rings (SSSR count). The van der Waals surface area contributed by atoms with Crippen LogP contribution in [0.5, 0.6) is 0 Å². The van der Waals surface area contributed by atoms with Gasteiger partial charge in [0.2, 0.25) is 6.41 Å². The van der Waals surface area contributed by atoms with Crippen molar-refractivity contribution in [2.24, 2.45) is 0 Å². The number of rotatable bonds is 8. The Labute approximate surface area is 185 Å². The first-order valence-corrected chi connectivity index (χ1v) is 10.2. The Hall–Kier alpha value is -4.13. The van der Waals surface area contributed by atoms with Crippen LogP contribution in [0.25, 0.3) is 11.1 Å². The van der Waals surface area contributed by atoms with Crippen molar-refractivity contribution in [3.63, 3.8) is 0 Å². The molecule has 3 N–H and O–H groups in total. The topological polar surface area (TPSA) is 105 Å². The molecular weight excluding hydrogens is 408 g/mol. The van der Waals surface area contributed by atoms with E-state index in [1.807, 2.05) is 48.5 Å². The number of anilines is 1. The lowest BCUT2D eigenvalue weighted by atomic mass is 9.98. The van der Waals surface area contributed by atoms with Crippen LogP contribution in [-0.4, -0.2) is 36.2 Å². The SMILES string of the molecule is O=CNc1ccc(C[C@H](NC(=O)OCC2c3ccccc3-c3ccccc32)C(=O)O)cc1. The van der Waals surface area contributed by atoms with Crippen molar-refractivity contribution < 1.29 is 24.2 Å². The minimum atomic E-state index is -1.16. The van der Waals surface area contributed by atoms with Gasteiger partial charge in [0, 0.05) is 18.0 Å². The Morgan fingerprint density at radius 2 is 1.53 bits per heavy atom. The van der Waals surface area contributed by atoms with Crippen molar-refractivity contribution in [1.82, 2.24) is 5.32 Å². The molecule has 0 saturated carbocycles. The molecule has 162 valence electrons. The van der Waals surface area contributed by atoms with E-state index in [0.717, 1.165) is 22.3 Å². The number of hydrogen-bond acceptors (Lipinski definition) is 4. The number of amides is 2. The lowest BCUT2D eigenvalue weighted by molar-refractivity contribution is -0.139. The van der Waals surface area contributed by atoms with Crippen LogP contribution in [0.3, 0.4) is 0 Å². The second-order valence-electron chi connectivity index (χ2n) is 7.52. The van der Waals surface area contributed by atoms with E-state index in [-0.39, 0.29) is 18.9 Å². The Bertz CT molecular complexity index is 1100. The highest BCUT2D eigenvalue weighted by molar-refractivity contribution is 5.81. The third kappa shape index (κ3) is 4.46. The quantitative estimate of drug-likeness (QED) is 0.472. The summed E-state index contributed by atoms with van der Waals surface area (Å²) < 4.78 is 5.45. The lowest BCUT2D eigenvalue weighted by Gasteiger charge is -2.17. The fourth-order valence-electron chi connectivity index (χ4n) is 4.02. The largest absolute Gasteiger partial charge is 0.480 e. The van der Waals surface area contributed by atoms with Crippen molar-refractivity contribution in [2.45, 2.75) is 18.4 Å². The first kappa shape index (κ1) is 21.1. The smallest absolute Gasteiger partial charge is 0.407 e. The van der Waals surface area contributed by atoms with E-state index in [9.17, 15) is 19.5 Å². The lowest BCUT2D eigenvalue weighted by Crippen LogP contribution is -2.42. The number of benzene rings is 3. The highest BCUT2D eigenvalue weighted by Crippen LogP contribution is 2.44. The Morgan fingerprint density at radius 3 is 2.09 bits per heavy atom. The van der Waals surface area contributed by atoms with Crippen LogP contribution in [0.1, 0.15) is 22.6 Å². The number of nitrogens with one attached hydrogen (secondary N) is 2. The molecule has 0 aliphatic heterocycles. The van der Waals surface area contributed by atoms with E-state index in [4.69, 9.17) is 4.74 Å². The molecule has 3 aromatic carbocycles. The minimum Gasteiger partial charge on any atom is -0.480 e. The van der Waals surface area contributed by atoms with Crippen molar-refractivity contribution in [3.05, 3.63) is 89.5 Å². The molecule has 0 unspecified atom stereocenters. The van der Waals surface area contributed by atoms with Gasteiger partial charge < -0.3 is 20.5 Å². The average molecular weight is 430 g/mol. The third-order valence-electron chi connectivity index (χ3n) is 5.55. The normalized spacial score (nSPS) is 12.9. The van der Waals surface area contributed by atoms with E-state index >= 15 is 0 Å². The Morgan fingerprint density at radius 1 is 0.938 bits per heavy atom. The highest BCUT2D eigenvalue weighted by atomic mass is 16.5. The maximum Gasteiger partial charge on any atom is 0.407 e. The number of carboxylic acid groups (broad SMARTS) is 1. The van der Waals surface area contributed by atoms with Crippen molar-refractivity contribution in [3.8, 4) is 11.1 Å². The molecule has 1 aliphatic rings. The molecule has 0 spiro atoms. The van der Waals surface area contributed by atoms with Crippen LogP contribution >= 0.6 is 0 Å². The number of carbonyl (C=O) groups excluding carboxylic acids is 2. The number of hydrogen-bond donors (Lipinski definition) is 3. The van der Waals surface area contributed by atoms with Crippen LogP contribution in [0.15, 0.2) is 72.8 Å². The molecule has 3 aromatic rings. The molecule has 1 aliphatic carbocycles. The molecule has 0 aromatic heterocycles. The number of fused-ring (bicyclic) bond motifs is 3. The van der Waals surface area contributed by atoms with Gasteiger partial charge in [-0.2, -0.15) is 0 Å². The van der Waals surface area contributed by atoms with E-state index in [1.54, 1.807) is 24.3 Å². The van der Waals surface area contributed by atoms with Gasteiger partial charge in [-0.05, 0) is 39.9 Å². The summed E-state index contributed by atoms with van der Waals surface area (Å²) in [5.41, 5.74) is 5.70. The van der Waals surface area contributed by atoms with E-state index in [1.165, 1.54) is 0 Å². The molecule has 0 fully saturated rings. The van der Waals surface area contributed by atoms with Gasteiger partial charge in [-0.15, -0.1) is 0 Å². The summed E-state index contributed by atoms with van der Waals surface area (Å²) in [5, 5.41) is 14.5. The maximum absolute atomic E-state index is 12.4. The molecule has 1 atom stereocenters. The number of aliphatic carboxylic acids is 1. The highest BCUT2D eigenvalue weighted by Gasteiger charge is 2.29. The van der Waals surface area contributed by atoms with Crippen molar-refractivity contribution in [2.75, 3.05) is 11.9 Å². The summed E-state index contributed by atoms with van der Waals surface area (Å²) in [4.78, 5) is 34.6. The number of alkyl carbamates (subject to hydrolysis) is 1. The number of carboxylic acids is 1. The first-order valence-electron chi connectivity index (χ1n) is 10.2. The Kier molecular flexibility index (Phi) is 6.17.